The molecule has 0 aliphatic carbocycles. The third-order valence-corrected chi connectivity index (χ3v) is 8.92. The summed E-state index contributed by atoms with van der Waals surface area (Å²) in [6, 6.07) is 16.7. The van der Waals surface area contributed by atoms with Crippen molar-refractivity contribution in [3.8, 4) is 17.2 Å². The van der Waals surface area contributed by atoms with E-state index >= 15 is 0 Å². The van der Waals surface area contributed by atoms with Crippen LogP contribution < -0.4 is 10.1 Å². The van der Waals surface area contributed by atoms with Gasteiger partial charge in [-0.25, -0.2) is 8.42 Å². The van der Waals surface area contributed by atoms with Crippen LogP contribution in [0.15, 0.2) is 65.6 Å². The van der Waals surface area contributed by atoms with Gasteiger partial charge in [-0.2, -0.15) is 4.31 Å². The molecular formula is C27H30N2O5S. The van der Waals surface area contributed by atoms with Crippen LogP contribution in [0.2, 0.25) is 0 Å². The van der Waals surface area contributed by atoms with E-state index in [4.69, 9.17) is 4.74 Å². The molecule has 8 heteroatoms. The van der Waals surface area contributed by atoms with E-state index < -0.39 is 21.8 Å². The van der Waals surface area contributed by atoms with Crippen LogP contribution in [0.25, 0.3) is 0 Å². The number of fused-ring (bicyclic) bond motifs is 1. The van der Waals surface area contributed by atoms with Crippen LogP contribution in [0.3, 0.4) is 0 Å². The summed E-state index contributed by atoms with van der Waals surface area (Å²) in [6.07, 6.45) is 3.27. The van der Waals surface area contributed by atoms with Crippen molar-refractivity contribution < 1.29 is 23.4 Å². The topological polar surface area (TPSA) is 99.1 Å². The molecule has 0 amide bonds. The van der Waals surface area contributed by atoms with Crippen molar-refractivity contribution in [3.05, 3.63) is 82.9 Å². The summed E-state index contributed by atoms with van der Waals surface area (Å²) in [7, 11) is -2.48. The van der Waals surface area contributed by atoms with Gasteiger partial charge in [0.25, 0.3) is 0 Å². The maximum absolute atomic E-state index is 13.8. The zero-order chi connectivity index (χ0) is 24.6. The summed E-state index contributed by atoms with van der Waals surface area (Å²) >= 11 is 0. The fraction of sp³-hybridized carbons (Fsp3) is 0.333. The number of phenols is 2. The zero-order valence-corrected chi connectivity index (χ0v) is 20.5. The van der Waals surface area contributed by atoms with Gasteiger partial charge < -0.3 is 20.3 Å². The summed E-state index contributed by atoms with van der Waals surface area (Å²) in [5.74, 6) is 0.651. The second-order valence-corrected chi connectivity index (χ2v) is 11.2. The number of nitrogens with one attached hydrogen (secondary N) is 1. The number of nitrogens with zero attached hydrogens (tertiary/aromatic N) is 1. The molecule has 35 heavy (non-hydrogen) atoms. The zero-order valence-electron chi connectivity index (χ0n) is 19.6. The first-order valence-electron chi connectivity index (χ1n) is 11.9. The smallest absolute Gasteiger partial charge is 0.247 e. The van der Waals surface area contributed by atoms with Gasteiger partial charge in [0.2, 0.25) is 10.0 Å². The van der Waals surface area contributed by atoms with Gasteiger partial charge >= 0.3 is 0 Å². The Labute approximate surface area is 206 Å². The highest BCUT2D eigenvalue weighted by Crippen LogP contribution is 2.44. The third kappa shape index (κ3) is 4.61. The van der Waals surface area contributed by atoms with Gasteiger partial charge in [-0.05, 0) is 84.8 Å². The Kier molecular flexibility index (Phi) is 6.44. The monoisotopic (exact) mass is 494 g/mol. The number of aromatic hydroxyl groups is 2. The first-order valence-corrected chi connectivity index (χ1v) is 13.3. The Balaban J connectivity index is 1.55. The highest BCUT2D eigenvalue weighted by atomic mass is 32.2. The number of phenolic OH excluding ortho intramolecular Hbond substituents is 2. The van der Waals surface area contributed by atoms with Crippen LogP contribution in [0.1, 0.15) is 41.1 Å². The van der Waals surface area contributed by atoms with Gasteiger partial charge in [-0.3, -0.25) is 0 Å². The van der Waals surface area contributed by atoms with Crippen LogP contribution in [0.4, 0.5) is 0 Å². The highest BCUT2D eigenvalue weighted by Gasteiger charge is 2.41. The molecular weight excluding hydrogens is 464 g/mol. The van der Waals surface area contributed by atoms with Crippen molar-refractivity contribution >= 4 is 10.0 Å². The summed E-state index contributed by atoms with van der Waals surface area (Å²) in [5, 5.41) is 23.4. The predicted octanol–water partition coefficient (Wildman–Crippen LogP) is 3.94. The van der Waals surface area contributed by atoms with Gasteiger partial charge in [-0.15, -0.1) is 0 Å². The quantitative estimate of drug-likeness (QED) is 0.480. The lowest BCUT2D eigenvalue weighted by Crippen LogP contribution is -2.30. The van der Waals surface area contributed by atoms with Crippen LogP contribution in [-0.2, 0) is 23.0 Å². The first-order chi connectivity index (χ1) is 16.9. The van der Waals surface area contributed by atoms with E-state index in [0.29, 0.717) is 11.7 Å². The minimum Gasteiger partial charge on any atom is -0.508 e. The lowest BCUT2D eigenvalue weighted by atomic mass is 9.89. The molecule has 0 bridgehead atoms. The standard InChI is InChI=1S/C27H30N2O5S/c1-34-23-6-3-20(4-7-23)27-24-8-2-19(14-18-10-12-28-13-11-18)15-21(24)17-29(27)35(32,33)26-9-5-22(30)16-25(26)31/h2-9,15-16,18,27-28,30-31H,10-14,17H2,1H3/t27-/m0/s1. The Morgan fingerprint density at radius 1 is 1.00 bits per heavy atom. The number of ether oxygens (including phenoxy) is 1. The van der Waals surface area contributed by atoms with Crippen molar-refractivity contribution in [2.45, 2.75) is 36.7 Å². The number of methoxy groups -OCH3 is 1. The van der Waals surface area contributed by atoms with Gasteiger partial charge in [0.05, 0.1) is 13.2 Å². The summed E-state index contributed by atoms with van der Waals surface area (Å²) in [4.78, 5) is -0.225. The van der Waals surface area contributed by atoms with E-state index in [1.54, 1.807) is 7.11 Å². The molecule has 5 rings (SSSR count). The van der Waals surface area contributed by atoms with Gasteiger partial charge in [-0.1, -0.05) is 30.3 Å². The van der Waals surface area contributed by atoms with Crippen molar-refractivity contribution in [2.75, 3.05) is 20.2 Å². The molecule has 3 aromatic carbocycles. The first kappa shape index (κ1) is 23.7. The Bertz CT molecular complexity index is 1320. The highest BCUT2D eigenvalue weighted by molar-refractivity contribution is 7.89. The van der Waals surface area contributed by atoms with Crippen molar-refractivity contribution in [2.24, 2.45) is 5.92 Å². The second-order valence-electron chi connectivity index (χ2n) is 9.31. The number of rotatable bonds is 6. The SMILES string of the molecule is COc1ccc([C@H]2c3ccc(CC4CCNCC4)cc3CN2S(=O)(=O)c2ccc(O)cc2O)cc1. The fourth-order valence-electron chi connectivity index (χ4n) is 5.23. The molecule has 2 heterocycles. The number of piperidine rings is 1. The maximum atomic E-state index is 13.8. The van der Waals surface area contributed by atoms with Crippen LogP contribution in [-0.4, -0.2) is 43.1 Å². The Morgan fingerprint density at radius 2 is 1.74 bits per heavy atom. The van der Waals surface area contributed by atoms with Gasteiger partial charge in [0.15, 0.2) is 0 Å². The predicted molar refractivity (Wildman–Crippen MR) is 133 cm³/mol. The van der Waals surface area contributed by atoms with Crippen LogP contribution in [0, 0.1) is 5.92 Å². The van der Waals surface area contributed by atoms with Crippen molar-refractivity contribution in [3.63, 3.8) is 0 Å². The molecule has 2 aliphatic heterocycles. The molecule has 0 unspecified atom stereocenters. The minimum atomic E-state index is -4.07. The van der Waals surface area contributed by atoms with Crippen molar-refractivity contribution in [1.29, 1.82) is 0 Å². The van der Waals surface area contributed by atoms with E-state index in [1.807, 2.05) is 30.3 Å². The van der Waals surface area contributed by atoms with E-state index in [0.717, 1.165) is 55.1 Å². The normalized spacial score (nSPS) is 18.9. The molecule has 1 saturated heterocycles. The Hall–Kier alpha value is -3.07. The van der Waals surface area contributed by atoms with Gasteiger partial charge in [0, 0.05) is 12.6 Å². The number of sulfonamides is 1. The van der Waals surface area contributed by atoms with Crippen molar-refractivity contribution in [1.82, 2.24) is 9.62 Å². The third-order valence-electron chi connectivity index (χ3n) is 7.06. The summed E-state index contributed by atoms with van der Waals surface area (Å²) < 4.78 is 34.3. The number of benzene rings is 3. The molecule has 0 saturated carbocycles. The molecule has 1 fully saturated rings. The fourth-order valence-corrected chi connectivity index (χ4v) is 6.87. The average molecular weight is 495 g/mol. The van der Waals surface area contributed by atoms with E-state index in [-0.39, 0.29) is 17.2 Å². The average Bonchev–Trinajstić information content (AvgIpc) is 3.24. The van der Waals surface area contributed by atoms with Crippen LogP contribution >= 0.6 is 0 Å². The lowest BCUT2D eigenvalue weighted by molar-refractivity contribution is 0.372. The van der Waals surface area contributed by atoms with E-state index in [9.17, 15) is 18.6 Å². The maximum Gasteiger partial charge on any atom is 0.247 e. The van der Waals surface area contributed by atoms with E-state index in [1.165, 1.54) is 22.0 Å². The van der Waals surface area contributed by atoms with Gasteiger partial charge in [0.1, 0.15) is 22.1 Å². The molecule has 0 spiro atoms. The molecule has 3 N–H and O–H groups in total. The number of hydrogen-bond donors (Lipinski definition) is 3. The minimum absolute atomic E-state index is 0.194. The molecule has 2 aliphatic rings. The number of hydrogen-bond acceptors (Lipinski definition) is 6. The van der Waals surface area contributed by atoms with Crippen LogP contribution in [0.5, 0.6) is 17.2 Å². The Morgan fingerprint density at radius 3 is 2.43 bits per heavy atom. The second kappa shape index (κ2) is 9.53. The molecule has 184 valence electrons. The summed E-state index contributed by atoms with van der Waals surface area (Å²) in [5.41, 5.74) is 3.94. The molecule has 3 aromatic rings. The molecule has 7 nitrogen and oxygen atoms in total. The molecule has 1 atom stereocenters. The summed E-state index contributed by atoms with van der Waals surface area (Å²) in [6.45, 7) is 2.28. The largest absolute Gasteiger partial charge is 0.508 e. The lowest BCUT2D eigenvalue weighted by Gasteiger charge is -2.25. The van der Waals surface area contributed by atoms with E-state index in [2.05, 4.69) is 17.4 Å². The molecule has 0 aromatic heterocycles. The molecule has 0 radical (unpaired) electrons.